The summed E-state index contributed by atoms with van der Waals surface area (Å²) in [4.78, 5) is 13.6. The van der Waals surface area contributed by atoms with Gasteiger partial charge in [0, 0.05) is 19.0 Å². The number of nitrogens with one attached hydrogen (secondary N) is 1. The van der Waals surface area contributed by atoms with Gasteiger partial charge < -0.3 is 5.32 Å². The highest BCUT2D eigenvalue weighted by Crippen LogP contribution is 2.29. The monoisotopic (exact) mass is 168 g/mol. The van der Waals surface area contributed by atoms with Crippen LogP contribution >= 0.6 is 0 Å². The minimum absolute atomic E-state index is 0.288. The Bertz CT molecular complexity index is 183. The van der Waals surface area contributed by atoms with Crippen molar-refractivity contribution in [3.05, 3.63) is 0 Å². The SMILES string of the molecule is CCN1CC(NC(=O)C2CC2)C1. The Kier molecular flexibility index (Phi) is 2.05. The maximum atomic E-state index is 11.3. The first-order chi connectivity index (χ1) is 5.79. The van der Waals surface area contributed by atoms with Crippen LogP contribution in [0, 0.1) is 5.92 Å². The smallest absolute Gasteiger partial charge is 0.223 e. The van der Waals surface area contributed by atoms with Crippen LogP contribution in [0.3, 0.4) is 0 Å². The third-order valence-electron chi connectivity index (χ3n) is 2.70. The lowest BCUT2D eigenvalue weighted by Crippen LogP contribution is -2.59. The van der Waals surface area contributed by atoms with Crippen LogP contribution < -0.4 is 5.32 Å². The molecule has 12 heavy (non-hydrogen) atoms. The highest BCUT2D eigenvalue weighted by Gasteiger charge is 2.33. The van der Waals surface area contributed by atoms with Crippen LogP contribution in [-0.2, 0) is 4.79 Å². The van der Waals surface area contributed by atoms with Gasteiger partial charge >= 0.3 is 0 Å². The second kappa shape index (κ2) is 3.05. The lowest BCUT2D eigenvalue weighted by Gasteiger charge is -2.38. The van der Waals surface area contributed by atoms with Crippen LogP contribution in [0.25, 0.3) is 0 Å². The Morgan fingerprint density at radius 3 is 2.67 bits per heavy atom. The fraction of sp³-hybridized carbons (Fsp3) is 0.889. The average molecular weight is 168 g/mol. The van der Waals surface area contributed by atoms with E-state index in [0.717, 1.165) is 32.5 Å². The van der Waals surface area contributed by atoms with Crippen molar-refractivity contribution in [1.29, 1.82) is 0 Å². The van der Waals surface area contributed by atoms with Crippen molar-refractivity contribution in [2.75, 3.05) is 19.6 Å². The Balaban J connectivity index is 1.65. The average Bonchev–Trinajstić information content (AvgIpc) is 2.76. The molecule has 0 aromatic heterocycles. The molecule has 68 valence electrons. The third-order valence-corrected chi connectivity index (χ3v) is 2.70. The molecular weight excluding hydrogens is 152 g/mol. The van der Waals surface area contributed by atoms with Gasteiger partial charge in [-0.15, -0.1) is 0 Å². The molecule has 1 aliphatic carbocycles. The molecule has 1 aliphatic heterocycles. The van der Waals surface area contributed by atoms with Crippen LogP contribution in [-0.4, -0.2) is 36.5 Å². The minimum atomic E-state index is 0.288. The predicted octanol–water partition coefficient (Wildman–Crippen LogP) is 0.217. The topological polar surface area (TPSA) is 32.3 Å². The second-order valence-electron chi connectivity index (χ2n) is 3.83. The van der Waals surface area contributed by atoms with E-state index >= 15 is 0 Å². The lowest BCUT2D eigenvalue weighted by atomic mass is 10.1. The van der Waals surface area contributed by atoms with Crippen molar-refractivity contribution in [2.24, 2.45) is 5.92 Å². The minimum Gasteiger partial charge on any atom is -0.351 e. The molecule has 1 heterocycles. The van der Waals surface area contributed by atoms with Gasteiger partial charge in [0.2, 0.25) is 5.91 Å². The summed E-state index contributed by atoms with van der Waals surface area (Å²) in [5.74, 6) is 0.649. The van der Waals surface area contributed by atoms with E-state index < -0.39 is 0 Å². The highest BCUT2D eigenvalue weighted by molar-refractivity contribution is 5.81. The van der Waals surface area contributed by atoms with E-state index in [1.54, 1.807) is 0 Å². The van der Waals surface area contributed by atoms with Crippen molar-refractivity contribution in [3.8, 4) is 0 Å². The molecular formula is C9H16N2O. The fourth-order valence-electron chi connectivity index (χ4n) is 1.58. The number of amides is 1. The molecule has 0 bridgehead atoms. The zero-order valence-electron chi connectivity index (χ0n) is 7.55. The second-order valence-corrected chi connectivity index (χ2v) is 3.83. The molecule has 3 nitrogen and oxygen atoms in total. The number of nitrogens with zero attached hydrogens (tertiary/aromatic N) is 1. The van der Waals surface area contributed by atoms with Gasteiger partial charge in [-0.1, -0.05) is 6.92 Å². The van der Waals surface area contributed by atoms with Gasteiger partial charge in [-0.3, -0.25) is 9.69 Å². The van der Waals surface area contributed by atoms with Crippen molar-refractivity contribution in [2.45, 2.75) is 25.8 Å². The number of carbonyl (C=O) groups excluding carboxylic acids is 1. The summed E-state index contributed by atoms with van der Waals surface area (Å²) in [7, 11) is 0. The van der Waals surface area contributed by atoms with Gasteiger partial charge in [-0.05, 0) is 19.4 Å². The zero-order valence-corrected chi connectivity index (χ0v) is 7.55. The highest BCUT2D eigenvalue weighted by atomic mass is 16.2. The Labute approximate surface area is 73.1 Å². The van der Waals surface area contributed by atoms with Crippen LogP contribution in [0.15, 0.2) is 0 Å². The maximum absolute atomic E-state index is 11.3. The number of hydrogen-bond donors (Lipinski definition) is 1. The Morgan fingerprint density at radius 1 is 1.50 bits per heavy atom. The van der Waals surface area contributed by atoms with Gasteiger partial charge in [0.25, 0.3) is 0 Å². The van der Waals surface area contributed by atoms with Crippen LogP contribution in [0.5, 0.6) is 0 Å². The lowest BCUT2D eigenvalue weighted by molar-refractivity contribution is -0.124. The number of likely N-dealkylation sites (tertiary alicyclic amines) is 1. The molecule has 2 aliphatic rings. The molecule has 0 radical (unpaired) electrons. The summed E-state index contributed by atoms with van der Waals surface area (Å²) < 4.78 is 0. The summed E-state index contributed by atoms with van der Waals surface area (Å²) in [6.45, 7) is 5.36. The predicted molar refractivity (Wildman–Crippen MR) is 46.8 cm³/mol. The molecule has 0 aromatic rings. The molecule has 2 fully saturated rings. The molecule has 3 heteroatoms. The number of likely N-dealkylation sites (N-methyl/N-ethyl adjacent to an activating group) is 1. The van der Waals surface area contributed by atoms with Gasteiger partial charge in [0.15, 0.2) is 0 Å². The zero-order chi connectivity index (χ0) is 8.55. The maximum Gasteiger partial charge on any atom is 0.223 e. The molecule has 1 N–H and O–H groups in total. The first-order valence-electron chi connectivity index (χ1n) is 4.82. The molecule has 0 aromatic carbocycles. The third kappa shape index (κ3) is 1.61. The summed E-state index contributed by atoms with van der Waals surface area (Å²) in [6.07, 6.45) is 2.21. The summed E-state index contributed by atoms with van der Waals surface area (Å²) >= 11 is 0. The van der Waals surface area contributed by atoms with Gasteiger partial charge in [0.1, 0.15) is 0 Å². The van der Waals surface area contributed by atoms with Crippen molar-refractivity contribution < 1.29 is 4.79 Å². The van der Waals surface area contributed by atoms with E-state index in [-0.39, 0.29) is 5.91 Å². The summed E-state index contributed by atoms with van der Waals surface area (Å²) in [5, 5.41) is 3.06. The Hall–Kier alpha value is -0.570. The fourth-order valence-corrected chi connectivity index (χ4v) is 1.58. The Morgan fingerprint density at radius 2 is 2.17 bits per heavy atom. The molecule has 2 rings (SSSR count). The van der Waals surface area contributed by atoms with Gasteiger partial charge in [-0.25, -0.2) is 0 Å². The molecule has 1 saturated heterocycles. The molecule has 0 spiro atoms. The van der Waals surface area contributed by atoms with E-state index in [0.29, 0.717) is 12.0 Å². The summed E-state index contributed by atoms with van der Waals surface area (Å²) in [5.41, 5.74) is 0. The first-order valence-corrected chi connectivity index (χ1v) is 4.82. The molecule has 1 saturated carbocycles. The van der Waals surface area contributed by atoms with Crippen LogP contribution in [0.1, 0.15) is 19.8 Å². The van der Waals surface area contributed by atoms with Crippen molar-refractivity contribution in [1.82, 2.24) is 10.2 Å². The van der Waals surface area contributed by atoms with E-state index in [1.165, 1.54) is 0 Å². The number of hydrogen-bond acceptors (Lipinski definition) is 2. The van der Waals surface area contributed by atoms with E-state index in [1.807, 2.05) is 0 Å². The van der Waals surface area contributed by atoms with Crippen molar-refractivity contribution in [3.63, 3.8) is 0 Å². The largest absolute Gasteiger partial charge is 0.351 e. The van der Waals surface area contributed by atoms with Gasteiger partial charge in [0.05, 0.1) is 6.04 Å². The van der Waals surface area contributed by atoms with Gasteiger partial charge in [-0.2, -0.15) is 0 Å². The van der Waals surface area contributed by atoms with E-state index in [2.05, 4.69) is 17.1 Å². The number of carbonyl (C=O) groups is 1. The van der Waals surface area contributed by atoms with Crippen LogP contribution in [0.4, 0.5) is 0 Å². The van der Waals surface area contributed by atoms with Crippen LogP contribution in [0.2, 0.25) is 0 Å². The van der Waals surface area contributed by atoms with Crippen molar-refractivity contribution >= 4 is 5.91 Å². The molecule has 0 unspecified atom stereocenters. The molecule has 0 atom stereocenters. The summed E-state index contributed by atoms with van der Waals surface area (Å²) in [6, 6.07) is 0.443. The molecule has 1 amide bonds. The normalized spacial score (nSPS) is 25.1. The van der Waals surface area contributed by atoms with E-state index in [4.69, 9.17) is 0 Å². The van der Waals surface area contributed by atoms with E-state index in [9.17, 15) is 4.79 Å². The standard InChI is InChI=1S/C9H16N2O/c1-2-11-5-8(6-11)10-9(12)7-3-4-7/h7-8H,2-6H2,1H3,(H,10,12). The number of rotatable bonds is 3. The quantitative estimate of drug-likeness (QED) is 0.653. The first kappa shape index (κ1) is 8.05.